The molecule has 0 spiro atoms. The number of rotatable bonds is 2. The maximum Gasteiger partial charge on any atom is 0.141 e. The van der Waals surface area contributed by atoms with Gasteiger partial charge in [0, 0.05) is 0 Å². The van der Waals surface area contributed by atoms with E-state index in [9.17, 15) is 0 Å². The Morgan fingerprint density at radius 3 is 3.27 bits per heavy atom. The lowest BCUT2D eigenvalue weighted by Gasteiger charge is -2.17. The summed E-state index contributed by atoms with van der Waals surface area (Å²) in [5.41, 5.74) is 5.95. The molecule has 2 rings (SSSR count). The van der Waals surface area contributed by atoms with Crippen LogP contribution in [-0.4, -0.2) is 18.5 Å². The van der Waals surface area contributed by atoms with Crippen molar-refractivity contribution in [2.24, 2.45) is 16.6 Å². The highest BCUT2D eigenvalue weighted by molar-refractivity contribution is 7.12. The molecule has 2 atom stereocenters. The molecule has 82 valence electrons. The lowest BCUT2D eigenvalue weighted by molar-refractivity contribution is 0.255. The van der Waals surface area contributed by atoms with Crippen LogP contribution in [0.3, 0.4) is 0 Å². The highest BCUT2D eigenvalue weighted by Crippen LogP contribution is 2.28. The Kier molecular flexibility index (Phi) is 2.95. The number of hydrogen-bond donors (Lipinski definition) is 1. The fraction of sp³-hybridized carbons (Fsp3) is 0.545. The van der Waals surface area contributed by atoms with E-state index in [4.69, 9.17) is 10.5 Å². The van der Waals surface area contributed by atoms with Gasteiger partial charge in [-0.25, -0.2) is 0 Å². The van der Waals surface area contributed by atoms with Crippen LogP contribution in [0, 0.1) is 5.92 Å². The van der Waals surface area contributed by atoms with Crippen LogP contribution in [-0.2, 0) is 0 Å². The van der Waals surface area contributed by atoms with Crippen LogP contribution in [0.5, 0.6) is 5.75 Å². The smallest absolute Gasteiger partial charge is 0.141 e. The SMILES string of the molecule is CC[C@H](C)[C@H]1COc2ccsc2C(N)=N1. The zero-order valence-corrected chi connectivity index (χ0v) is 9.88. The molecule has 2 N–H and O–H groups in total. The summed E-state index contributed by atoms with van der Waals surface area (Å²) in [7, 11) is 0. The number of ether oxygens (including phenoxy) is 1. The van der Waals surface area contributed by atoms with E-state index in [1.54, 1.807) is 11.3 Å². The van der Waals surface area contributed by atoms with Crippen LogP contribution in [0.2, 0.25) is 0 Å². The minimum absolute atomic E-state index is 0.189. The molecule has 3 nitrogen and oxygen atoms in total. The highest BCUT2D eigenvalue weighted by atomic mass is 32.1. The van der Waals surface area contributed by atoms with Gasteiger partial charge in [-0.05, 0) is 17.4 Å². The molecule has 1 aromatic rings. The summed E-state index contributed by atoms with van der Waals surface area (Å²) in [4.78, 5) is 5.51. The highest BCUT2D eigenvalue weighted by Gasteiger charge is 2.22. The van der Waals surface area contributed by atoms with Gasteiger partial charge in [0.15, 0.2) is 0 Å². The molecule has 1 aliphatic heterocycles. The van der Waals surface area contributed by atoms with Crippen molar-refractivity contribution in [2.45, 2.75) is 26.3 Å². The molecular formula is C11H16N2OS. The van der Waals surface area contributed by atoms with E-state index in [0.717, 1.165) is 17.0 Å². The minimum atomic E-state index is 0.189. The monoisotopic (exact) mass is 224 g/mol. The number of nitrogens with two attached hydrogens (primary N) is 1. The average molecular weight is 224 g/mol. The third-order valence-corrected chi connectivity index (χ3v) is 3.80. The van der Waals surface area contributed by atoms with Crippen molar-refractivity contribution in [3.05, 3.63) is 16.3 Å². The Hall–Kier alpha value is -1.03. The molecule has 0 radical (unpaired) electrons. The fourth-order valence-electron chi connectivity index (χ4n) is 1.61. The summed E-state index contributed by atoms with van der Waals surface area (Å²) < 4.78 is 5.71. The lowest BCUT2D eigenvalue weighted by atomic mass is 10.0. The Labute approximate surface area is 94.0 Å². The summed E-state index contributed by atoms with van der Waals surface area (Å²) in [6, 6.07) is 2.15. The van der Waals surface area contributed by atoms with Gasteiger partial charge in [-0.3, -0.25) is 4.99 Å². The molecule has 0 aliphatic carbocycles. The Bertz CT molecular complexity index is 372. The summed E-state index contributed by atoms with van der Waals surface area (Å²) in [6.07, 6.45) is 1.10. The van der Waals surface area contributed by atoms with E-state index < -0.39 is 0 Å². The van der Waals surface area contributed by atoms with Gasteiger partial charge in [0.1, 0.15) is 23.1 Å². The van der Waals surface area contributed by atoms with Gasteiger partial charge < -0.3 is 10.5 Å². The van der Waals surface area contributed by atoms with E-state index in [-0.39, 0.29) is 6.04 Å². The van der Waals surface area contributed by atoms with E-state index in [2.05, 4.69) is 18.8 Å². The van der Waals surface area contributed by atoms with Crippen LogP contribution < -0.4 is 10.5 Å². The topological polar surface area (TPSA) is 47.6 Å². The zero-order chi connectivity index (χ0) is 10.8. The molecule has 0 unspecified atom stereocenters. The largest absolute Gasteiger partial charge is 0.490 e. The van der Waals surface area contributed by atoms with Crippen molar-refractivity contribution >= 4 is 17.2 Å². The third kappa shape index (κ3) is 2.00. The van der Waals surface area contributed by atoms with Crippen LogP contribution in [0.25, 0.3) is 0 Å². The average Bonchev–Trinajstić information content (AvgIpc) is 2.65. The normalized spacial score (nSPS) is 22.3. The zero-order valence-electron chi connectivity index (χ0n) is 9.06. The van der Waals surface area contributed by atoms with Crippen molar-refractivity contribution in [1.82, 2.24) is 0 Å². The molecular weight excluding hydrogens is 208 g/mol. The van der Waals surface area contributed by atoms with Gasteiger partial charge >= 0.3 is 0 Å². The summed E-state index contributed by atoms with van der Waals surface area (Å²) >= 11 is 1.59. The molecule has 0 amide bonds. The van der Waals surface area contributed by atoms with Gasteiger partial charge in [-0.1, -0.05) is 20.3 Å². The number of thiophene rings is 1. The van der Waals surface area contributed by atoms with Gasteiger partial charge in [-0.2, -0.15) is 0 Å². The maximum absolute atomic E-state index is 5.95. The van der Waals surface area contributed by atoms with Crippen molar-refractivity contribution < 1.29 is 4.74 Å². The molecule has 0 saturated carbocycles. The first kappa shape index (κ1) is 10.5. The second kappa shape index (κ2) is 4.23. The Morgan fingerprint density at radius 2 is 2.53 bits per heavy atom. The molecule has 4 heteroatoms. The van der Waals surface area contributed by atoms with Gasteiger partial charge in [0.2, 0.25) is 0 Å². The van der Waals surface area contributed by atoms with Crippen LogP contribution >= 0.6 is 11.3 Å². The quantitative estimate of drug-likeness (QED) is 0.837. The van der Waals surface area contributed by atoms with Crippen molar-refractivity contribution in [2.75, 3.05) is 6.61 Å². The molecule has 1 aliphatic rings. The van der Waals surface area contributed by atoms with Gasteiger partial charge in [0.25, 0.3) is 0 Å². The predicted octanol–water partition coefficient (Wildman–Crippen LogP) is 2.26. The van der Waals surface area contributed by atoms with E-state index >= 15 is 0 Å². The second-order valence-corrected chi connectivity index (χ2v) is 4.81. The van der Waals surface area contributed by atoms with Crippen LogP contribution in [0.1, 0.15) is 25.1 Å². The molecule has 0 fully saturated rings. The molecule has 15 heavy (non-hydrogen) atoms. The standard InChI is InChI=1S/C11H16N2OS/c1-3-7(2)8-6-14-9-4-5-15-10(9)11(12)13-8/h4-5,7-8H,3,6H2,1-2H3,(H2,12,13)/t7-,8+/m0/s1. The van der Waals surface area contributed by atoms with Crippen molar-refractivity contribution in [3.63, 3.8) is 0 Å². The summed E-state index contributed by atoms with van der Waals surface area (Å²) in [6.45, 7) is 4.99. The first-order valence-electron chi connectivity index (χ1n) is 5.26. The Morgan fingerprint density at radius 1 is 1.73 bits per heavy atom. The lowest BCUT2D eigenvalue weighted by Crippen LogP contribution is -2.24. The number of aliphatic imine (C=N–C) groups is 1. The summed E-state index contributed by atoms with van der Waals surface area (Å²) in [5, 5.41) is 1.98. The Balaban J connectivity index is 2.26. The molecule has 0 saturated heterocycles. The number of fused-ring (bicyclic) bond motifs is 1. The van der Waals surface area contributed by atoms with Crippen LogP contribution in [0.4, 0.5) is 0 Å². The second-order valence-electron chi connectivity index (χ2n) is 3.89. The van der Waals surface area contributed by atoms with E-state index in [1.165, 1.54) is 0 Å². The van der Waals surface area contributed by atoms with Gasteiger partial charge in [0.05, 0.1) is 6.04 Å². The first-order valence-corrected chi connectivity index (χ1v) is 6.14. The van der Waals surface area contributed by atoms with Crippen LogP contribution in [0.15, 0.2) is 16.4 Å². The fourth-order valence-corrected chi connectivity index (χ4v) is 2.36. The number of amidine groups is 1. The predicted molar refractivity (Wildman–Crippen MR) is 63.8 cm³/mol. The van der Waals surface area contributed by atoms with E-state index in [0.29, 0.717) is 18.4 Å². The van der Waals surface area contributed by atoms with E-state index in [1.807, 2.05) is 11.4 Å². The molecule has 1 aromatic heterocycles. The number of nitrogens with zero attached hydrogens (tertiary/aromatic N) is 1. The molecule has 0 aromatic carbocycles. The molecule has 0 bridgehead atoms. The minimum Gasteiger partial charge on any atom is -0.490 e. The van der Waals surface area contributed by atoms with Crippen molar-refractivity contribution in [3.8, 4) is 5.75 Å². The molecule has 2 heterocycles. The first-order chi connectivity index (χ1) is 7.22. The number of hydrogen-bond acceptors (Lipinski definition) is 4. The van der Waals surface area contributed by atoms with Crippen molar-refractivity contribution in [1.29, 1.82) is 0 Å². The summed E-state index contributed by atoms with van der Waals surface area (Å²) in [5.74, 6) is 2.02. The van der Waals surface area contributed by atoms with Gasteiger partial charge in [-0.15, -0.1) is 11.3 Å². The maximum atomic E-state index is 5.95. The third-order valence-electron chi connectivity index (χ3n) is 2.88.